The third-order valence-electron chi connectivity index (χ3n) is 6.95. The van der Waals surface area contributed by atoms with Crippen LogP contribution in [0.2, 0.25) is 0 Å². The summed E-state index contributed by atoms with van der Waals surface area (Å²) in [6, 6.07) is 26.1. The number of nitrogen functional groups attached to an aromatic ring is 1. The summed E-state index contributed by atoms with van der Waals surface area (Å²) in [4.78, 5) is 42.8. The van der Waals surface area contributed by atoms with Gasteiger partial charge in [0.15, 0.2) is 11.5 Å². The minimum absolute atomic E-state index is 0.104. The molecule has 0 aliphatic heterocycles. The second kappa shape index (κ2) is 11.9. The number of methoxy groups -OCH3 is 1. The topological polar surface area (TPSA) is 138 Å². The van der Waals surface area contributed by atoms with Gasteiger partial charge in [0.1, 0.15) is 11.3 Å². The molecule has 4 heterocycles. The quantitative estimate of drug-likeness (QED) is 0.250. The second-order valence-corrected chi connectivity index (χ2v) is 9.79. The Morgan fingerprint density at radius 3 is 2.51 bits per heavy atom. The molecule has 1 amide bonds. The molecule has 0 atom stereocenters. The van der Waals surface area contributed by atoms with Crippen LogP contribution in [0.5, 0.6) is 0 Å². The number of hydrogen-bond acceptors (Lipinski definition) is 8. The largest absolute Gasteiger partial charge is 0.469 e. The molecule has 0 aliphatic rings. The van der Waals surface area contributed by atoms with E-state index in [1.54, 1.807) is 42.9 Å². The third kappa shape index (κ3) is 5.80. The first-order chi connectivity index (χ1) is 21.0. The summed E-state index contributed by atoms with van der Waals surface area (Å²) in [5.41, 5.74) is 12.9. The lowest BCUT2D eigenvalue weighted by Gasteiger charge is -2.12. The van der Waals surface area contributed by atoms with Gasteiger partial charge in [0.05, 0.1) is 24.8 Å². The molecule has 10 heteroatoms. The lowest BCUT2D eigenvalue weighted by Crippen LogP contribution is -2.23. The maximum atomic E-state index is 12.8. The summed E-state index contributed by atoms with van der Waals surface area (Å²) in [5.74, 6) is 0.380. The van der Waals surface area contributed by atoms with E-state index < -0.39 is 0 Å². The molecule has 0 spiro atoms. The van der Waals surface area contributed by atoms with Crippen LogP contribution >= 0.6 is 0 Å². The lowest BCUT2D eigenvalue weighted by atomic mass is 10.1. The van der Waals surface area contributed by atoms with Crippen LogP contribution in [0, 0.1) is 0 Å². The normalized spacial score (nSPS) is 10.9. The number of imidazole rings is 1. The van der Waals surface area contributed by atoms with E-state index in [-0.39, 0.29) is 18.3 Å². The Labute approximate surface area is 247 Å². The molecule has 0 fully saturated rings. The molecule has 0 aliphatic carbocycles. The van der Waals surface area contributed by atoms with Crippen LogP contribution in [-0.4, -0.2) is 43.5 Å². The average Bonchev–Trinajstić information content (AvgIpc) is 3.43. The third-order valence-corrected chi connectivity index (χ3v) is 6.95. The van der Waals surface area contributed by atoms with Gasteiger partial charge in [-0.25, -0.2) is 15.0 Å². The summed E-state index contributed by atoms with van der Waals surface area (Å²) in [7, 11) is 1.34. The van der Waals surface area contributed by atoms with Crippen molar-refractivity contribution in [3.63, 3.8) is 0 Å². The van der Waals surface area contributed by atoms with Gasteiger partial charge in [-0.2, -0.15) is 0 Å². The molecule has 0 saturated carbocycles. The lowest BCUT2D eigenvalue weighted by molar-refractivity contribution is -0.139. The van der Waals surface area contributed by atoms with E-state index in [2.05, 4.69) is 15.3 Å². The number of pyridine rings is 3. The van der Waals surface area contributed by atoms with Crippen molar-refractivity contribution in [1.29, 1.82) is 0 Å². The Hall–Kier alpha value is -5.90. The number of nitrogens with two attached hydrogens (primary N) is 1. The molecule has 6 aromatic rings. The zero-order valence-corrected chi connectivity index (χ0v) is 23.3. The van der Waals surface area contributed by atoms with E-state index in [0.717, 1.165) is 22.5 Å². The van der Waals surface area contributed by atoms with Gasteiger partial charge in [0, 0.05) is 41.9 Å². The Bertz CT molecular complexity index is 1940. The van der Waals surface area contributed by atoms with Crippen molar-refractivity contribution in [2.45, 2.75) is 13.0 Å². The maximum Gasteiger partial charge on any atom is 0.309 e. The number of ether oxygens (including phenoxy) is 1. The minimum Gasteiger partial charge on any atom is -0.469 e. The van der Waals surface area contributed by atoms with Crippen LogP contribution in [0.4, 0.5) is 5.82 Å². The van der Waals surface area contributed by atoms with Gasteiger partial charge in [0.25, 0.3) is 5.91 Å². The number of anilines is 1. The smallest absolute Gasteiger partial charge is 0.309 e. The number of nitrogens with zero attached hydrogens (tertiary/aromatic N) is 5. The van der Waals surface area contributed by atoms with E-state index in [9.17, 15) is 9.59 Å². The number of fused-ring (bicyclic) bond motifs is 1. The number of aromatic nitrogens is 5. The molecule has 2 aromatic carbocycles. The molecule has 6 rings (SSSR count). The number of carbonyl (C=O) groups is 2. The Morgan fingerprint density at radius 1 is 0.907 bits per heavy atom. The van der Waals surface area contributed by atoms with Crippen molar-refractivity contribution < 1.29 is 14.3 Å². The van der Waals surface area contributed by atoms with Gasteiger partial charge in [-0.1, -0.05) is 24.3 Å². The first-order valence-corrected chi connectivity index (χ1v) is 13.5. The monoisotopic (exact) mass is 569 g/mol. The van der Waals surface area contributed by atoms with Gasteiger partial charge in [-0.3, -0.25) is 19.1 Å². The number of benzene rings is 2. The molecule has 0 radical (unpaired) electrons. The van der Waals surface area contributed by atoms with Crippen LogP contribution in [-0.2, 0) is 22.5 Å². The summed E-state index contributed by atoms with van der Waals surface area (Å²) in [5, 5.41) is 2.95. The minimum atomic E-state index is -0.360. The molecule has 10 nitrogen and oxygen atoms in total. The van der Waals surface area contributed by atoms with E-state index in [0.29, 0.717) is 46.0 Å². The number of nitrogens with one attached hydrogen (secondary N) is 1. The molecule has 212 valence electrons. The molecule has 3 N–H and O–H groups in total. The van der Waals surface area contributed by atoms with Crippen LogP contribution in [0.3, 0.4) is 0 Å². The summed E-state index contributed by atoms with van der Waals surface area (Å²) >= 11 is 0. The van der Waals surface area contributed by atoms with E-state index in [1.165, 1.54) is 7.11 Å². The van der Waals surface area contributed by atoms with Crippen LogP contribution in [0.1, 0.15) is 21.5 Å². The maximum absolute atomic E-state index is 12.8. The van der Waals surface area contributed by atoms with Gasteiger partial charge in [-0.05, 0) is 71.8 Å². The number of carbonyl (C=O) groups excluding carboxylic acids is 2. The van der Waals surface area contributed by atoms with Crippen LogP contribution in [0.15, 0.2) is 104 Å². The number of rotatable bonds is 8. The zero-order chi connectivity index (χ0) is 29.8. The van der Waals surface area contributed by atoms with E-state index in [1.807, 2.05) is 65.2 Å². The van der Waals surface area contributed by atoms with Crippen LogP contribution in [0.25, 0.3) is 39.5 Å². The Balaban J connectivity index is 1.30. The SMILES string of the molecule is COC(=O)Cc1cccc(C(=O)NCc2ccc(-n3c(-c4cccnc4N)nc4ccc(-c5cccnc5)nc43)cc2)c1. The summed E-state index contributed by atoms with van der Waals surface area (Å²) in [6.45, 7) is 0.316. The van der Waals surface area contributed by atoms with Crippen molar-refractivity contribution in [1.82, 2.24) is 29.8 Å². The molecule has 0 bridgehead atoms. The summed E-state index contributed by atoms with van der Waals surface area (Å²) in [6.07, 6.45) is 5.24. The fourth-order valence-corrected chi connectivity index (χ4v) is 4.77. The highest BCUT2D eigenvalue weighted by Gasteiger charge is 2.19. The predicted molar refractivity (Wildman–Crippen MR) is 163 cm³/mol. The van der Waals surface area contributed by atoms with Crippen molar-refractivity contribution in [2.75, 3.05) is 12.8 Å². The number of hydrogen-bond donors (Lipinski definition) is 2. The second-order valence-electron chi connectivity index (χ2n) is 9.79. The summed E-state index contributed by atoms with van der Waals surface area (Å²) < 4.78 is 6.68. The van der Waals surface area contributed by atoms with Gasteiger partial charge in [-0.15, -0.1) is 0 Å². The van der Waals surface area contributed by atoms with E-state index in [4.69, 9.17) is 20.4 Å². The van der Waals surface area contributed by atoms with Gasteiger partial charge < -0.3 is 15.8 Å². The van der Waals surface area contributed by atoms with E-state index >= 15 is 0 Å². The fraction of sp³-hybridized carbons (Fsp3) is 0.0909. The van der Waals surface area contributed by atoms with Gasteiger partial charge >= 0.3 is 5.97 Å². The first kappa shape index (κ1) is 27.3. The first-order valence-electron chi connectivity index (χ1n) is 13.5. The highest BCUT2D eigenvalue weighted by atomic mass is 16.5. The molecular weight excluding hydrogens is 542 g/mol. The Morgan fingerprint density at radius 2 is 1.74 bits per heavy atom. The van der Waals surface area contributed by atoms with Gasteiger partial charge in [0.2, 0.25) is 0 Å². The molecule has 0 unspecified atom stereocenters. The number of esters is 1. The highest BCUT2D eigenvalue weighted by Crippen LogP contribution is 2.31. The average molecular weight is 570 g/mol. The zero-order valence-electron chi connectivity index (χ0n) is 23.3. The Kier molecular flexibility index (Phi) is 7.56. The molecule has 0 saturated heterocycles. The van der Waals surface area contributed by atoms with Crippen LogP contribution < -0.4 is 11.1 Å². The molecule has 43 heavy (non-hydrogen) atoms. The predicted octanol–water partition coefficient (Wildman–Crippen LogP) is 4.77. The van der Waals surface area contributed by atoms with Crippen molar-refractivity contribution in [2.24, 2.45) is 0 Å². The molecule has 4 aromatic heterocycles. The standard InChI is InChI=1S/C33H27N7O3/c1-43-29(41)18-22-5-2-6-23(17-22)33(42)37-19-21-9-11-25(12-10-21)40-31(26-8-4-16-36-30(26)34)39-28-14-13-27(38-32(28)40)24-7-3-15-35-20-24/h2-17,20H,18-19H2,1H3,(H2,34,36)(H,37,42). The number of amides is 1. The van der Waals surface area contributed by atoms with Crippen molar-refractivity contribution in [3.05, 3.63) is 120 Å². The van der Waals surface area contributed by atoms with Crippen molar-refractivity contribution >= 4 is 28.9 Å². The molecular formula is C33H27N7O3. The highest BCUT2D eigenvalue weighted by molar-refractivity contribution is 5.94. The van der Waals surface area contributed by atoms with Crippen molar-refractivity contribution in [3.8, 4) is 28.3 Å². The fourth-order valence-electron chi connectivity index (χ4n) is 4.77.